The Hall–Kier alpha value is -0.970. The first-order chi connectivity index (χ1) is 8.81. The van der Waals surface area contributed by atoms with E-state index in [9.17, 15) is 4.79 Å². The molecule has 1 aromatic carbocycles. The zero-order valence-corrected chi connectivity index (χ0v) is 12.3. The molecule has 0 radical (unpaired) electrons. The molecule has 19 heavy (non-hydrogen) atoms. The van der Waals surface area contributed by atoms with Gasteiger partial charge >= 0.3 is 5.97 Å². The molecule has 0 aliphatic heterocycles. The van der Waals surface area contributed by atoms with Crippen molar-refractivity contribution in [1.82, 2.24) is 0 Å². The number of carbonyl (C=O) groups is 1. The molecule has 1 aromatic rings. The Morgan fingerprint density at radius 3 is 2.58 bits per heavy atom. The van der Waals surface area contributed by atoms with Gasteiger partial charge < -0.3 is 15.6 Å². The third kappa shape index (κ3) is 4.90. The maximum absolute atomic E-state index is 10.7. The molecule has 4 nitrogen and oxygen atoms in total. The third-order valence-corrected chi connectivity index (χ3v) is 3.26. The Labute approximate surface area is 122 Å². The molecule has 6 heteroatoms. The van der Waals surface area contributed by atoms with Crippen LogP contribution in [0.5, 0.6) is 5.75 Å². The fraction of sp³-hybridized carbons (Fsp3) is 0.462. The van der Waals surface area contributed by atoms with Crippen molar-refractivity contribution >= 4 is 29.2 Å². The summed E-state index contributed by atoms with van der Waals surface area (Å²) in [5, 5.41) is 9.49. The van der Waals surface area contributed by atoms with Gasteiger partial charge in [-0.05, 0) is 44.4 Å². The van der Waals surface area contributed by atoms with Gasteiger partial charge in [0.05, 0.1) is 11.1 Å². The zero-order chi connectivity index (χ0) is 14.6. The fourth-order valence-electron chi connectivity index (χ4n) is 1.55. The van der Waals surface area contributed by atoms with E-state index in [1.54, 1.807) is 12.1 Å². The van der Waals surface area contributed by atoms with Gasteiger partial charge in [-0.25, -0.2) is 0 Å². The summed E-state index contributed by atoms with van der Waals surface area (Å²) in [6.45, 7) is 3.77. The molecule has 0 heterocycles. The van der Waals surface area contributed by atoms with E-state index in [-0.39, 0.29) is 6.10 Å². The summed E-state index contributed by atoms with van der Waals surface area (Å²) in [6, 6.07) is 2.58. The predicted octanol–water partition coefficient (Wildman–Crippen LogP) is 3.13. The summed E-state index contributed by atoms with van der Waals surface area (Å²) in [5.41, 5.74) is 6.31. The molecule has 1 rings (SSSR count). The van der Waals surface area contributed by atoms with Crippen LogP contribution in [0, 0.1) is 0 Å². The first kappa shape index (κ1) is 16.1. The average molecular weight is 306 g/mol. The van der Waals surface area contributed by atoms with Crippen LogP contribution in [0.3, 0.4) is 0 Å². The fourth-order valence-corrected chi connectivity index (χ4v) is 1.93. The van der Waals surface area contributed by atoms with Gasteiger partial charge in [0.15, 0.2) is 0 Å². The summed E-state index contributed by atoms with van der Waals surface area (Å²) in [6.07, 6.45) is 0.804. The minimum absolute atomic E-state index is 0.0231. The van der Waals surface area contributed by atoms with Crippen LogP contribution in [0.4, 0.5) is 0 Å². The molecule has 0 saturated carbocycles. The van der Waals surface area contributed by atoms with Crippen LogP contribution in [0.2, 0.25) is 10.0 Å². The molecule has 0 amide bonds. The molecule has 0 aliphatic rings. The van der Waals surface area contributed by atoms with Crippen molar-refractivity contribution in [3.05, 3.63) is 27.7 Å². The molecule has 1 atom stereocenters. The average Bonchev–Trinajstić information content (AvgIpc) is 2.31. The number of hydrogen-bond acceptors (Lipinski definition) is 3. The lowest BCUT2D eigenvalue weighted by atomic mass is 10.1. The number of halogens is 2. The number of nitrogens with two attached hydrogens (primary N) is 1. The number of rotatable bonds is 6. The molecule has 0 saturated heterocycles. The minimum atomic E-state index is -1.02. The van der Waals surface area contributed by atoms with Crippen LogP contribution >= 0.6 is 23.2 Å². The predicted molar refractivity (Wildman–Crippen MR) is 76.2 cm³/mol. The van der Waals surface area contributed by atoms with Crippen LogP contribution < -0.4 is 10.5 Å². The first-order valence-electron chi connectivity index (χ1n) is 5.94. The van der Waals surface area contributed by atoms with Crippen molar-refractivity contribution in [3.63, 3.8) is 0 Å². The maximum Gasteiger partial charge on any atom is 0.320 e. The second kappa shape index (κ2) is 6.98. The number of carboxylic acids is 1. The molecule has 3 N–H and O–H groups in total. The highest BCUT2D eigenvalue weighted by Gasteiger charge is 2.14. The van der Waals surface area contributed by atoms with E-state index in [4.69, 9.17) is 38.8 Å². The van der Waals surface area contributed by atoms with Crippen molar-refractivity contribution in [3.8, 4) is 5.75 Å². The molecular weight excluding hydrogens is 289 g/mol. The molecule has 0 fully saturated rings. The monoisotopic (exact) mass is 305 g/mol. The van der Waals surface area contributed by atoms with Gasteiger partial charge in [0.25, 0.3) is 0 Å². The van der Waals surface area contributed by atoms with Gasteiger partial charge in [-0.3, -0.25) is 4.79 Å². The molecule has 0 bridgehead atoms. The number of hydrogen-bond donors (Lipinski definition) is 2. The van der Waals surface area contributed by atoms with E-state index < -0.39 is 12.0 Å². The van der Waals surface area contributed by atoms with Gasteiger partial charge in [-0.2, -0.15) is 0 Å². The quantitative estimate of drug-likeness (QED) is 0.847. The third-order valence-electron chi connectivity index (χ3n) is 2.48. The number of carboxylic acid groups (broad SMARTS) is 1. The topological polar surface area (TPSA) is 72.5 Å². The summed E-state index contributed by atoms with van der Waals surface area (Å²) in [7, 11) is 0. The van der Waals surface area contributed by atoms with Crippen LogP contribution in [0.1, 0.15) is 25.8 Å². The van der Waals surface area contributed by atoms with Gasteiger partial charge in [-0.15, -0.1) is 0 Å². The van der Waals surface area contributed by atoms with E-state index in [1.165, 1.54) is 0 Å². The van der Waals surface area contributed by atoms with Crippen LogP contribution in [0.15, 0.2) is 12.1 Å². The van der Waals surface area contributed by atoms with E-state index >= 15 is 0 Å². The maximum atomic E-state index is 10.7. The van der Waals surface area contributed by atoms with Crippen molar-refractivity contribution in [1.29, 1.82) is 0 Å². The van der Waals surface area contributed by atoms with E-state index in [0.29, 0.717) is 28.6 Å². The largest absolute Gasteiger partial charge is 0.489 e. The van der Waals surface area contributed by atoms with Gasteiger partial charge in [-0.1, -0.05) is 23.2 Å². The van der Waals surface area contributed by atoms with Gasteiger partial charge in [0.1, 0.15) is 16.8 Å². The van der Waals surface area contributed by atoms with Crippen molar-refractivity contribution < 1.29 is 14.6 Å². The van der Waals surface area contributed by atoms with Crippen LogP contribution in [0.25, 0.3) is 0 Å². The Balaban J connectivity index is 2.84. The minimum Gasteiger partial charge on any atom is -0.489 e. The van der Waals surface area contributed by atoms with Gasteiger partial charge in [0, 0.05) is 0 Å². The highest BCUT2D eigenvalue weighted by molar-refractivity contribution is 6.43. The highest BCUT2D eigenvalue weighted by atomic mass is 35.5. The lowest BCUT2D eigenvalue weighted by Gasteiger charge is -2.14. The van der Waals surface area contributed by atoms with Crippen LogP contribution in [-0.4, -0.2) is 23.2 Å². The molecule has 106 valence electrons. The second-order valence-corrected chi connectivity index (χ2v) is 5.32. The Morgan fingerprint density at radius 1 is 1.42 bits per heavy atom. The first-order valence-corrected chi connectivity index (χ1v) is 6.69. The summed E-state index contributed by atoms with van der Waals surface area (Å²) in [4.78, 5) is 10.7. The van der Waals surface area contributed by atoms with E-state index in [1.807, 2.05) is 13.8 Å². The van der Waals surface area contributed by atoms with Crippen molar-refractivity contribution in [2.24, 2.45) is 5.73 Å². The number of aliphatic carboxylic acids is 1. The summed E-state index contributed by atoms with van der Waals surface area (Å²) in [5.74, 6) is -0.512. The molecule has 0 aliphatic carbocycles. The Morgan fingerprint density at radius 2 is 2.05 bits per heavy atom. The lowest BCUT2D eigenvalue weighted by molar-refractivity contribution is -0.138. The zero-order valence-electron chi connectivity index (χ0n) is 10.8. The Kier molecular flexibility index (Phi) is 5.91. The van der Waals surface area contributed by atoms with Crippen LogP contribution in [-0.2, 0) is 11.2 Å². The number of aryl methyl sites for hydroxylation is 1. The van der Waals surface area contributed by atoms with Crippen molar-refractivity contribution in [2.45, 2.75) is 38.8 Å². The molecule has 0 aromatic heterocycles. The lowest BCUT2D eigenvalue weighted by Crippen LogP contribution is -2.30. The van der Waals surface area contributed by atoms with Crippen molar-refractivity contribution in [2.75, 3.05) is 0 Å². The molecule has 0 unspecified atom stereocenters. The normalized spacial score (nSPS) is 12.5. The van der Waals surface area contributed by atoms with Gasteiger partial charge in [0.2, 0.25) is 0 Å². The smallest absolute Gasteiger partial charge is 0.320 e. The van der Waals surface area contributed by atoms with E-state index in [2.05, 4.69) is 0 Å². The molecular formula is C13H17Cl2NO3. The standard InChI is InChI=1S/C13H17Cl2NO3/c1-7(2)19-11-6-8(5-9(14)12(11)15)3-4-10(16)13(17)18/h5-7,10H,3-4,16H2,1-2H3,(H,17,18)/t10-/m0/s1. The second-order valence-electron chi connectivity index (χ2n) is 4.54. The highest BCUT2D eigenvalue weighted by Crippen LogP contribution is 2.34. The summed E-state index contributed by atoms with van der Waals surface area (Å²) < 4.78 is 5.56. The number of ether oxygens (including phenoxy) is 1. The van der Waals surface area contributed by atoms with E-state index in [0.717, 1.165) is 5.56 Å². The molecule has 0 spiro atoms. The number of benzene rings is 1. The Bertz CT molecular complexity index is 463. The summed E-state index contributed by atoms with van der Waals surface area (Å²) >= 11 is 12.1. The SMILES string of the molecule is CC(C)Oc1cc(CC[C@H](N)C(=O)O)cc(Cl)c1Cl.